The molecule has 6 heteroatoms. The number of hydrogen-bond donors (Lipinski definition) is 0. The first-order valence-electron chi connectivity index (χ1n) is 11.6. The van der Waals surface area contributed by atoms with Crippen molar-refractivity contribution in [1.29, 1.82) is 0 Å². The van der Waals surface area contributed by atoms with Crippen LogP contribution in [-0.2, 0) is 22.5 Å². The maximum atomic E-state index is 13.3. The van der Waals surface area contributed by atoms with Crippen molar-refractivity contribution in [3.63, 3.8) is 0 Å². The largest absolute Gasteiger partial charge is 0.381 e. The van der Waals surface area contributed by atoms with Crippen molar-refractivity contribution < 1.29 is 9.53 Å². The van der Waals surface area contributed by atoms with E-state index in [1.54, 1.807) is 0 Å². The number of amides is 1. The second kappa shape index (κ2) is 9.04. The van der Waals surface area contributed by atoms with Gasteiger partial charge in [-0.15, -0.1) is 0 Å². The summed E-state index contributed by atoms with van der Waals surface area (Å²) >= 11 is 0. The number of nitrogens with zero attached hydrogens (tertiary/aromatic N) is 4. The maximum absolute atomic E-state index is 13.3. The zero-order valence-electron chi connectivity index (χ0n) is 18.8. The van der Waals surface area contributed by atoms with Gasteiger partial charge in [0.1, 0.15) is 11.3 Å². The van der Waals surface area contributed by atoms with Gasteiger partial charge >= 0.3 is 0 Å². The number of fused-ring (bicyclic) bond motifs is 1. The van der Waals surface area contributed by atoms with Crippen LogP contribution in [0.3, 0.4) is 0 Å². The molecule has 1 aliphatic heterocycles. The van der Waals surface area contributed by atoms with E-state index in [4.69, 9.17) is 9.72 Å². The predicted octanol–water partition coefficient (Wildman–Crippen LogP) is 4.22. The van der Waals surface area contributed by atoms with Gasteiger partial charge in [-0.2, -0.15) is 0 Å². The minimum atomic E-state index is 0.0205. The molecule has 0 atom stereocenters. The normalized spacial score (nSPS) is 19.6. The van der Waals surface area contributed by atoms with Gasteiger partial charge in [-0.05, 0) is 49.1 Å². The van der Waals surface area contributed by atoms with E-state index in [1.807, 2.05) is 30.3 Å². The molecule has 2 aliphatic rings. The van der Waals surface area contributed by atoms with Crippen molar-refractivity contribution in [2.45, 2.75) is 77.8 Å². The molecule has 1 saturated heterocycles. The lowest BCUT2D eigenvalue weighted by Gasteiger charge is -2.35. The van der Waals surface area contributed by atoms with Gasteiger partial charge in [0.05, 0.1) is 0 Å². The molecule has 0 unspecified atom stereocenters. The molecule has 1 aliphatic carbocycles. The molecule has 164 valence electrons. The second-order valence-corrected chi connectivity index (χ2v) is 9.79. The highest BCUT2D eigenvalue weighted by molar-refractivity contribution is 5.77. The molecule has 0 bridgehead atoms. The van der Waals surface area contributed by atoms with E-state index in [0.29, 0.717) is 18.4 Å². The van der Waals surface area contributed by atoms with Crippen LogP contribution < -0.4 is 0 Å². The average Bonchev–Trinajstić information content (AvgIpc) is 3.33. The Hall–Kier alpha value is -1.95. The predicted molar refractivity (Wildman–Crippen MR) is 118 cm³/mol. The summed E-state index contributed by atoms with van der Waals surface area (Å²) in [6, 6.07) is 4.32. The summed E-state index contributed by atoms with van der Waals surface area (Å²) in [5.74, 6) is 1.90. The van der Waals surface area contributed by atoms with Crippen molar-refractivity contribution in [3.8, 4) is 0 Å². The fourth-order valence-electron chi connectivity index (χ4n) is 5.30. The van der Waals surface area contributed by atoms with Crippen molar-refractivity contribution >= 4 is 17.1 Å². The number of ether oxygens (including phenoxy) is 1. The lowest BCUT2D eigenvalue weighted by molar-refractivity contribution is -0.136. The Balaban J connectivity index is 1.57. The molecular weight excluding hydrogens is 376 g/mol. The average molecular weight is 413 g/mol. The SMILES string of the molecule is CC(C)Cn1c(CC2(CC(=O)N(C)C3CCOCC3)CCCC2)nc2cccnc21. The Morgan fingerprint density at radius 2 is 2.03 bits per heavy atom. The quantitative estimate of drug-likeness (QED) is 0.683. The van der Waals surface area contributed by atoms with Crippen LogP contribution in [-0.4, -0.2) is 51.6 Å². The summed E-state index contributed by atoms with van der Waals surface area (Å²) in [5, 5.41) is 0. The molecule has 1 saturated carbocycles. The van der Waals surface area contributed by atoms with Gasteiger partial charge in [0.2, 0.25) is 5.91 Å². The van der Waals surface area contributed by atoms with E-state index < -0.39 is 0 Å². The third kappa shape index (κ3) is 4.53. The minimum Gasteiger partial charge on any atom is -0.381 e. The first-order valence-corrected chi connectivity index (χ1v) is 11.6. The van der Waals surface area contributed by atoms with Crippen LogP contribution in [0.1, 0.15) is 64.6 Å². The molecule has 6 nitrogen and oxygen atoms in total. The van der Waals surface area contributed by atoms with Gasteiger partial charge in [0.25, 0.3) is 0 Å². The second-order valence-electron chi connectivity index (χ2n) is 9.79. The summed E-state index contributed by atoms with van der Waals surface area (Å²) < 4.78 is 7.78. The monoisotopic (exact) mass is 412 g/mol. The van der Waals surface area contributed by atoms with E-state index in [-0.39, 0.29) is 11.3 Å². The first-order chi connectivity index (χ1) is 14.5. The van der Waals surface area contributed by atoms with Crippen LogP contribution in [0, 0.1) is 11.3 Å². The van der Waals surface area contributed by atoms with Gasteiger partial charge in [0.15, 0.2) is 5.65 Å². The van der Waals surface area contributed by atoms with Crippen LogP contribution in [0.2, 0.25) is 0 Å². The van der Waals surface area contributed by atoms with Crippen molar-refractivity contribution in [1.82, 2.24) is 19.4 Å². The number of rotatable bonds is 7. The number of pyridine rings is 1. The topological polar surface area (TPSA) is 60.2 Å². The third-order valence-corrected chi connectivity index (χ3v) is 6.99. The Labute approximate surface area is 180 Å². The van der Waals surface area contributed by atoms with E-state index in [0.717, 1.165) is 68.9 Å². The molecule has 1 amide bonds. The lowest BCUT2D eigenvalue weighted by atomic mass is 9.78. The molecule has 2 fully saturated rings. The van der Waals surface area contributed by atoms with E-state index in [1.165, 1.54) is 12.8 Å². The number of hydrogen-bond acceptors (Lipinski definition) is 4. The molecule has 0 N–H and O–H groups in total. The molecule has 0 aromatic carbocycles. The summed E-state index contributed by atoms with van der Waals surface area (Å²) in [4.78, 5) is 24.9. The smallest absolute Gasteiger partial charge is 0.223 e. The fourth-order valence-corrected chi connectivity index (χ4v) is 5.30. The number of imidazole rings is 1. The van der Waals surface area contributed by atoms with E-state index in [2.05, 4.69) is 23.4 Å². The maximum Gasteiger partial charge on any atom is 0.223 e. The molecule has 2 aromatic rings. The van der Waals surface area contributed by atoms with Crippen LogP contribution in [0.15, 0.2) is 18.3 Å². The van der Waals surface area contributed by atoms with E-state index in [9.17, 15) is 4.79 Å². The Bertz CT molecular complexity index is 863. The Kier molecular flexibility index (Phi) is 6.42. The van der Waals surface area contributed by atoms with Gasteiger partial charge in [-0.1, -0.05) is 26.7 Å². The number of carbonyl (C=O) groups is 1. The molecule has 3 heterocycles. The van der Waals surface area contributed by atoms with Gasteiger partial charge in [-0.3, -0.25) is 4.79 Å². The van der Waals surface area contributed by atoms with E-state index >= 15 is 0 Å². The van der Waals surface area contributed by atoms with Gasteiger partial charge in [-0.25, -0.2) is 9.97 Å². The van der Waals surface area contributed by atoms with Gasteiger partial charge < -0.3 is 14.2 Å². The number of carbonyl (C=O) groups excluding carboxylic acids is 1. The highest BCUT2D eigenvalue weighted by Gasteiger charge is 2.39. The molecule has 4 rings (SSSR count). The van der Waals surface area contributed by atoms with Crippen molar-refractivity contribution in [2.75, 3.05) is 20.3 Å². The lowest BCUT2D eigenvalue weighted by Crippen LogP contribution is -2.42. The summed E-state index contributed by atoms with van der Waals surface area (Å²) in [7, 11) is 1.99. The van der Waals surface area contributed by atoms with Crippen molar-refractivity contribution in [3.05, 3.63) is 24.2 Å². The molecule has 30 heavy (non-hydrogen) atoms. The van der Waals surface area contributed by atoms with Gasteiger partial charge in [0, 0.05) is 51.9 Å². The zero-order chi connectivity index (χ0) is 21.1. The Morgan fingerprint density at radius 1 is 1.30 bits per heavy atom. The van der Waals surface area contributed by atoms with Crippen molar-refractivity contribution in [2.24, 2.45) is 11.3 Å². The summed E-state index contributed by atoms with van der Waals surface area (Å²) in [6.45, 7) is 6.90. The number of aromatic nitrogens is 3. The zero-order valence-corrected chi connectivity index (χ0v) is 18.8. The minimum absolute atomic E-state index is 0.0205. The van der Waals surface area contributed by atoms with Crippen LogP contribution in [0.4, 0.5) is 0 Å². The fraction of sp³-hybridized carbons (Fsp3) is 0.708. The van der Waals surface area contributed by atoms with Crippen LogP contribution in [0.25, 0.3) is 11.2 Å². The molecular formula is C24H36N4O2. The van der Waals surface area contributed by atoms with Crippen LogP contribution in [0.5, 0.6) is 0 Å². The van der Waals surface area contributed by atoms with Crippen LogP contribution >= 0.6 is 0 Å². The third-order valence-electron chi connectivity index (χ3n) is 6.99. The summed E-state index contributed by atoms with van der Waals surface area (Å²) in [6.07, 6.45) is 9.87. The highest BCUT2D eigenvalue weighted by atomic mass is 16.5. The first kappa shape index (κ1) is 21.3. The molecule has 2 aromatic heterocycles. The highest BCUT2D eigenvalue weighted by Crippen LogP contribution is 2.44. The Morgan fingerprint density at radius 3 is 2.73 bits per heavy atom. The molecule has 0 radical (unpaired) electrons. The standard InChI is InChI=1S/C24H36N4O2/c1-18(2)17-28-21(26-20-7-6-12-25-23(20)28)15-24(10-4-5-11-24)16-22(29)27(3)19-8-13-30-14-9-19/h6-7,12,18-19H,4-5,8-11,13-17H2,1-3H3. The molecule has 0 spiro atoms. The summed E-state index contributed by atoms with van der Waals surface area (Å²) in [5.41, 5.74) is 1.96.